The van der Waals surface area contributed by atoms with E-state index in [9.17, 15) is 4.39 Å². The van der Waals surface area contributed by atoms with Gasteiger partial charge in [0.05, 0.1) is 16.4 Å². The van der Waals surface area contributed by atoms with Crippen molar-refractivity contribution in [1.82, 2.24) is 0 Å². The highest BCUT2D eigenvalue weighted by Crippen LogP contribution is 2.29. The Kier molecular flexibility index (Phi) is 3.81. The van der Waals surface area contributed by atoms with Crippen LogP contribution in [0, 0.1) is 5.82 Å². The van der Waals surface area contributed by atoms with E-state index >= 15 is 0 Å². The van der Waals surface area contributed by atoms with Gasteiger partial charge in [-0.15, -0.1) is 0 Å². The Morgan fingerprint density at radius 2 is 1.79 bits per heavy atom. The standard InChI is InChI=1S/C14H15ClFN3/c1-19(2)10-5-3-9(4-6-10)18-14-7-11(15)12(16)8-13(14)17/h3-8,18H,17H2,1-2H3. The number of anilines is 4. The highest BCUT2D eigenvalue weighted by Gasteiger charge is 2.06. The molecule has 0 saturated carbocycles. The second kappa shape index (κ2) is 5.36. The van der Waals surface area contributed by atoms with Crippen LogP contribution >= 0.6 is 11.6 Å². The summed E-state index contributed by atoms with van der Waals surface area (Å²) in [4.78, 5) is 2.01. The number of nitrogens with one attached hydrogen (secondary N) is 1. The third-order valence-corrected chi connectivity index (χ3v) is 3.04. The highest BCUT2D eigenvalue weighted by atomic mass is 35.5. The number of halogens is 2. The molecule has 0 aliphatic rings. The average Bonchev–Trinajstić information content (AvgIpc) is 2.36. The third-order valence-electron chi connectivity index (χ3n) is 2.76. The van der Waals surface area contributed by atoms with Gasteiger partial charge in [-0.25, -0.2) is 4.39 Å². The van der Waals surface area contributed by atoms with E-state index in [1.54, 1.807) is 0 Å². The van der Waals surface area contributed by atoms with Gasteiger partial charge in [-0.2, -0.15) is 0 Å². The molecule has 2 rings (SSSR count). The molecule has 3 N–H and O–H groups in total. The van der Waals surface area contributed by atoms with Crippen molar-refractivity contribution in [3.8, 4) is 0 Å². The SMILES string of the molecule is CN(C)c1ccc(Nc2cc(Cl)c(F)cc2N)cc1. The minimum absolute atomic E-state index is 0.0432. The van der Waals surface area contributed by atoms with E-state index < -0.39 is 5.82 Å². The summed E-state index contributed by atoms with van der Waals surface area (Å²) in [6.45, 7) is 0. The molecule has 19 heavy (non-hydrogen) atoms. The maximum Gasteiger partial charge on any atom is 0.143 e. The highest BCUT2D eigenvalue weighted by molar-refractivity contribution is 6.31. The van der Waals surface area contributed by atoms with E-state index in [4.69, 9.17) is 17.3 Å². The fourth-order valence-electron chi connectivity index (χ4n) is 1.67. The molecule has 0 spiro atoms. The molecular formula is C14H15ClFN3. The van der Waals surface area contributed by atoms with Gasteiger partial charge in [-0.05, 0) is 30.3 Å². The molecule has 100 valence electrons. The molecule has 0 saturated heterocycles. The first-order valence-corrected chi connectivity index (χ1v) is 6.14. The quantitative estimate of drug-likeness (QED) is 0.838. The molecule has 0 heterocycles. The third kappa shape index (κ3) is 3.09. The fourth-order valence-corrected chi connectivity index (χ4v) is 1.83. The molecule has 0 radical (unpaired) electrons. The maximum atomic E-state index is 13.2. The molecule has 2 aromatic rings. The topological polar surface area (TPSA) is 41.3 Å². The molecule has 0 aliphatic carbocycles. The lowest BCUT2D eigenvalue weighted by Gasteiger charge is -2.14. The van der Waals surface area contributed by atoms with Crippen LogP contribution < -0.4 is 16.0 Å². The van der Waals surface area contributed by atoms with Crippen LogP contribution in [0.15, 0.2) is 36.4 Å². The van der Waals surface area contributed by atoms with Crippen molar-refractivity contribution >= 4 is 34.4 Å². The predicted octanol–water partition coefficient (Wildman–Crippen LogP) is 3.87. The molecule has 3 nitrogen and oxygen atoms in total. The molecule has 0 aliphatic heterocycles. The number of nitrogens with two attached hydrogens (primary N) is 1. The van der Waals surface area contributed by atoms with E-state index in [1.807, 2.05) is 43.3 Å². The number of nitrogen functional groups attached to an aromatic ring is 1. The van der Waals surface area contributed by atoms with Gasteiger partial charge in [0.2, 0.25) is 0 Å². The first-order valence-electron chi connectivity index (χ1n) is 5.76. The molecule has 0 unspecified atom stereocenters. The summed E-state index contributed by atoms with van der Waals surface area (Å²) in [6, 6.07) is 10.5. The minimum Gasteiger partial charge on any atom is -0.397 e. The molecule has 0 atom stereocenters. The number of hydrogen-bond acceptors (Lipinski definition) is 3. The normalized spacial score (nSPS) is 10.3. The van der Waals surface area contributed by atoms with Crippen molar-refractivity contribution in [2.45, 2.75) is 0 Å². The van der Waals surface area contributed by atoms with Crippen molar-refractivity contribution in [2.24, 2.45) is 0 Å². The summed E-state index contributed by atoms with van der Waals surface area (Å²) in [7, 11) is 3.94. The first kappa shape index (κ1) is 13.5. The van der Waals surface area contributed by atoms with Gasteiger partial charge in [-0.3, -0.25) is 0 Å². The van der Waals surface area contributed by atoms with E-state index in [0.29, 0.717) is 11.4 Å². The van der Waals surface area contributed by atoms with Crippen LogP contribution in [-0.2, 0) is 0 Å². The molecule has 2 aromatic carbocycles. The second-order valence-corrected chi connectivity index (χ2v) is 4.83. The van der Waals surface area contributed by atoms with E-state index in [-0.39, 0.29) is 5.02 Å². The fraction of sp³-hybridized carbons (Fsp3) is 0.143. The average molecular weight is 280 g/mol. The lowest BCUT2D eigenvalue weighted by atomic mass is 10.2. The zero-order valence-corrected chi connectivity index (χ0v) is 11.5. The predicted molar refractivity (Wildman–Crippen MR) is 79.9 cm³/mol. The zero-order chi connectivity index (χ0) is 14.0. The Labute approximate surface area is 116 Å². The number of nitrogens with zero attached hydrogens (tertiary/aromatic N) is 1. The van der Waals surface area contributed by atoms with Crippen molar-refractivity contribution in [1.29, 1.82) is 0 Å². The maximum absolute atomic E-state index is 13.2. The molecule has 5 heteroatoms. The molecule has 0 aromatic heterocycles. The van der Waals surface area contributed by atoms with Gasteiger partial charge in [-0.1, -0.05) is 11.6 Å². The van der Waals surface area contributed by atoms with Crippen LogP contribution in [-0.4, -0.2) is 14.1 Å². The van der Waals surface area contributed by atoms with Crippen molar-refractivity contribution in [3.05, 3.63) is 47.2 Å². The number of benzene rings is 2. The Bertz CT molecular complexity index is 582. The largest absolute Gasteiger partial charge is 0.397 e. The van der Waals surface area contributed by atoms with E-state index in [2.05, 4.69) is 5.32 Å². The van der Waals surface area contributed by atoms with Gasteiger partial charge >= 0.3 is 0 Å². The Hall–Kier alpha value is -1.94. The Morgan fingerprint density at radius 3 is 2.37 bits per heavy atom. The van der Waals surface area contributed by atoms with Crippen LogP contribution in [0.1, 0.15) is 0 Å². The van der Waals surface area contributed by atoms with E-state index in [1.165, 1.54) is 12.1 Å². The smallest absolute Gasteiger partial charge is 0.143 e. The van der Waals surface area contributed by atoms with Gasteiger partial charge < -0.3 is 16.0 Å². The zero-order valence-electron chi connectivity index (χ0n) is 10.7. The number of hydrogen-bond donors (Lipinski definition) is 2. The van der Waals surface area contributed by atoms with E-state index in [0.717, 1.165) is 11.4 Å². The van der Waals surface area contributed by atoms with Crippen LogP contribution in [0.25, 0.3) is 0 Å². The van der Waals surface area contributed by atoms with Crippen LogP contribution in [0.4, 0.5) is 27.1 Å². The Morgan fingerprint density at radius 1 is 1.16 bits per heavy atom. The van der Waals surface area contributed by atoms with Gasteiger partial charge in [0.25, 0.3) is 0 Å². The van der Waals surface area contributed by atoms with Crippen LogP contribution in [0.5, 0.6) is 0 Å². The van der Waals surface area contributed by atoms with Gasteiger partial charge in [0.15, 0.2) is 0 Å². The monoisotopic (exact) mass is 279 g/mol. The summed E-state index contributed by atoms with van der Waals surface area (Å²) in [5, 5.41) is 3.15. The summed E-state index contributed by atoms with van der Waals surface area (Å²) in [5.41, 5.74) is 8.61. The minimum atomic E-state index is -0.521. The number of rotatable bonds is 3. The lowest BCUT2D eigenvalue weighted by Crippen LogP contribution is -2.08. The summed E-state index contributed by atoms with van der Waals surface area (Å²) in [6.07, 6.45) is 0. The Balaban J connectivity index is 2.24. The summed E-state index contributed by atoms with van der Waals surface area (Å²) >= 11 is 5.74. The van der Waals surface area contributed by atoms with Crippen LogP contribution in [0.2, 0.25) is 5.02 Å². The summed E-state index contributed by atoms with van der Waals surface area (Å²) in [5.74, 6) is -0.521. The lowest BCUT2D eigenvalue weighted by molar-refractivity contribution is 0.629. The molecule has 0 fully saturated rings. The molecular weight excluding hydrogens is 265 g/mol. The van der Waals surface area contributed by atoms with Crippen molar-refractivity contribution in [2.75, 3.05) is 30.0 Å². The molecule has 0 bridgehead atoms. The van der Waals surface area contributed by atoms with Crippen LogP contribution in [0.3, 0.4) is 0 Å². The van der Waals surface area contributed by atoms with Gasteiger partial charge in [0.1, 0.15) is 5.82 Å². The second-order valence-electron chi connectivity index (χ2n) is 4.42. The first-order chi connectivity index (χ1) is 8.97. The van der Waals surface area contributed by atoms with Gasteiger partial charge in [0, 0.05) is 31.5 Å². The summed E-state index contributed by atoms with van der Waals surface area (Å²) < 4.78 is 13.2. The van der Waals surface area contributed by atoms with Crippen molar-refractivity contribution < 1.29 is 4.39 Å². The molecule has 0 amide bonds. The van der Waals surface area contributed by atoms with Crippen molar-refractivity contribution in [3.63, 3.8) is 0 Å².